The van der Waals surface area contributed by atoms with Crippen molar-refractivity contribution in [3.8, 4) is 11.8 Å². The molecule has 4 rings (SSSR count). The number of carbonyl (C=O) groups excluding carboxylic acids is 1. The molecular formula is C19H18N4O5. The Kier molecular flexibility index (Phi) is 3.90. The Morgan fingerprint density at radius 3 is 2.71 bits per heavy atom. The normalized spacial score (nSPS) is 21.9. The maximum absolute atomic E-state index is 12.8. The number of aromatic nitrogens is 4. The number of rotatable bonds is 1. The van der Waals surface area contributed by atoms with Crippen LogP contribution in [0.4, 0.5) is 0 Å². The summed E-state index contributed by atoms with van der Waals surface area (Å²) in [6.45, 7) is 6.59. The summed E-state index contributed by atoms with van der Waals surface area (Å²) in [6.07, 6.45) is 0.628. The average Bonchev–Trinajstić information content (AvgIpc) is 3.20. The van der Waals surface area contributed by atoms with Crippen molar-refractivity contribution < 1.29 is 18.7 Å². The fraction of sp³-hybridized carbons (Fsp3) is 0.368. The van der Waals surface area contributed by atoms with Crippen LogP contribution in [-0.4, -0.2) is 32.0 Å². The minimum atomic E-state index is -1.31. The Labute approximate surface area is 159 Å². The number of aromatic amines is 1. The Morgan fingerprint density at radius 1 is 1.29 bits per heavy atom. The zero-order valence-corrected chi connectivity index (χ0v) is 16.0. The number of hydrogen-bond acceptors (Lipinski definition) is 7. The quantitative estimate of drug-likeness (QED) is 0.503. The second-order valence-corrected chi connectivity index (χ2v) is 6.83. The molecule has 0 fully saturated rings. The highest BCUT2D eigenvalue weighted by Gasteiger charge is 2.36. The summed E-state index contributed by atoms with van der Waals surface area (Å²) in [6, 6.07) is 0. The SMILES string of the molecule is Cc1nnc([C@@]2(C)C#Cc3cn(C)c(=O)c4[nH]c(C)c(c34)C(=O)OC(C)O2)o1. The summed E-state index contributed by atoms with van der Waals surface area (Å²) in [4.78, 5) is 28.3. The largest absolute Gasteiger partial charge is 0.432 e. The minimum absolute atomic E-state index is 0.146. The second kappa shape index (κ2) is 6.07. The van der Waals surface area contributed by atoms with Crippen molar-refractivity contribution in [2.45, 2.75) is 39.6 Å². The first-order valence-corrected chi connectivity index (χ1v) is 8.64. The summed E-state index contributed by atoms with van der Waals surface area (Å²) in [5.74, 6) is 5.93. The van der Waals surface area contributed by atoms with Crippen LogP contribution in [-0.2, 0) is 22.1 Å². The predicted octanol–water partition coefficient (Wildman–Crippen LogP) is 1.67. The first kappa shape index (κ1) is 18.0. The summed E-state index contributed by atoms with van der Waals surface area (Å²) in [5, 5.41) is 8.26. The molecule has 2 atom stereocenters. The number of pyridine rings is 1. The van der Waals surface area contributed by atoms with Gasteiger partial charge in [-0.25, -0.2) is 4.79 Å². The van der Waals surface area contributed by atoms with Gasteiger partial charge >= 0.3 is 5.97 Å². The Bertz CT molecular complexity index is 1240. The van der Waals surface area contributed by atoms with E-state index in [-0.39, 0.29) is 17.0 Å². The lowest BCUT2D eigenvalue weighted by atomic mass is 10.0. The Balaban J connectivity index is 2.04. The zero-order chi connectivity index (χ0) is 20.2. The van der Waals surface area contributed by atoms with Crippen LogP contribution in [0.3, 0.4) is 0 Å². The number of aryl methyl sites for hydroxylation is 3. The number of nitrogens with one attached hydrogen (secondary N) is 1. The van der Waals surface area contributed by atoms with Gasteiger partial charge in [0.15, 0.2) is 0 Å². The van der Waals surface area contributed by atoms with E-state index in [9.17, 15) is 9.59 Å². The van der Waals surface area contributed by atoms with Crippen LogP contribution in [0.2, 0.25) is 0 Å². The van der Waals surface area contributed by atoms with Gasteiger partial charge in [-0.3, -0.25) is 4.79 Å². The van der Waals surface area contributed by atoms with Crippen LogP contribution in [0.25, 0.3) is 10.9 Å². The lowest BCUT2D eigenvalue weighted by Crippen LogP contribution is -2.32. The summed E-state index contributed by atoms with van der Waals surface area (Å²) >= 11 is 0. The molecule has 0 spiro atoms. The highest BCUT2D eigenvalue weighted by atomic mass is 16.7. The molecule has 0 radical (unpaired) electrons. The van der Waals surface area contributed by atoms with Crippen molar-refractivity contribution in [1.82, 2.24) is 19.7 Å². The lowest BCUT2D eigenvalue weighted by molar-refractivity contribution is -0.161. The van der Waals surface area contributed by atoms with Gasteiger partial charge < -0.3 is 23.4 Å². The minimum Gasteiger partial charge on any atom is -0.432 e. The second-order valence-electron chi connectivity index (χ2n) is 6.83. The molecule has 3 aromatic heterocycles. The highest BCUT2D eigenvalue weighted by Crippen LogP contribution is 2.30. The van der Waals surface area contributed by atoms with Crippen molar-refractivity contribution >= 4 is 16.9 Å². The molecule has 9 nitrogen and oxygen atoms in total. The fourth-order valence-corrected chi connectivity index (χ4v) is 3.27. The Morgan fingerprint density at radius 2 is 2.04 bits per heavy atom. The first-order chi connectivity index (χ1) is 13.2. The molecule has 0 saturated heterocycles. The molecule has 1 aliphatic heterocycles. The van der Waals surface area contributed by atoms with Crippen LogP contribution in [0.15, 0.2) is 15.4 Å². The number of carbonyl (C=O) groups is 1. The molecule has 0 aliphatic carbocycles. The van der Waals surface area contributed by atoms with Gasteiger partial charge in [-0.15, -0.1) is 10.2 Å². The summed E-state index contributed by atoms with van der Waals surface area (Å²) < 4.78 is 18.2. The van der Waals surface area contributed by atoms with Crippen molar-refractivity contribution in [3.63, 3.8) is 0 Å². The van der Waals surface area contributed by atoms with E-state index in [1.807, 2.05) is 0 Å². The molecule has 0 amide bonds. The molecular weight excluding hydrogens is 364 g/mol. The summed E-state index contributed by atoms with van der Waals surface area (Å²) in [7, 11) is 1.62. The standard InChI is InChI=1S/C19H18N4O5/c1-9-13-14-12(8-23(5)16(24)15(14)20-9)6-7-19(4,18-22-21-10(2)26-18)28-11(3)27-17(13)25/h8,11,20H,1-5H3/t11?,19-/m1/s1. The number of nitrogens with zero attached hydrogens (tertiary/aromatic N) is 3. The molecule has 144 valence electrons. The molecule has 1 aliphatic rings. The molecule has 28 heavy (non-hydrogen) atoms. The smallest absolute Gasteiger partial charge is 0.342 e. The van der Waals surface area contributed by atoms with Gasteiger partial charge in [0, 0.05) is 31.2 Å². The number of esters is 1. The third-order valence-corrected chi connectivity index (χ3v) is 4.56. The van der Waals surface area contributed by atoms with Crippen molar-refractivity contribution in [1.29, 1.82) is 0 Å². The molecule has 3 aromatic rings. The molecule has 0 bridgehead atoms. The highest BCUT2D eigenvalue weighted by molar-refractivity contribution is 6.07. The average molecular weight is 382 g/mol. The van der Waals surface area contributed by atoms with Crippen LogP contribution in [0.5, 0.6) is 0 Å². The number of hydrogen-bond donors (Lipinski definition) is 1. The van der Waals surface area contributed by atoms with E-state index < -0.39 is 17.9 Å². The Hall–Kier alpha value is -3.38. The van der Waals surface area contributed by atoms with E-state index in [2.05, 4.69) is 27.0 Å². The van der Waals surface area contributed by atoms with Crippen molar-refractivity contribution in [2.24, 2.45) is 7.05 Å². The van der Waals surface area contributed by atoms with Gasteiger partial charge in [-0.2, -0.15) is 0 Å². The maximum atomic E-state index is 12.8. The van der Waals surface area contributed by atoms with Gasteiger partial charge in [0.1, 0.15) is 5.52 Å². The van der Waals surface area contributed by atoms with E-state index >= 15 is 0 Å². The zero-order valence-electron chi connectivity index (χ0n) is 16.0. The summed E-state index contributed by atoms with van der Waals surface area (Å²) in [5.41, 5.74) is -0.0131. The van der Waals surface area contributed by atoms with Crippen LogP contribution < -0.4 is 5.56 Å². The molecule has 9 heteroatoms. The van der Waals surface area contributed by atoms with Gasteiger partial charge in [0.25, 0.3) is 11.4 Å². The van der Waals surface area contributed by atoms with E-state index in [1.54, 1.807) is 40.9 Å². The number of cyclic esters (lactones) is 1. The monoisotopic (exact) mass is 382 g/mol. The third kappa shape index (κ3) is 2.70. The topological polar surface area (TPSA) is 112 Å². The molecule has 0 aromatic carbocycles. The van der Waals surface area contributed by atoms with E-state index in [0.29, 0.717) is 28.1 Å². The van der Waals surface area contributed by atoms with E-state index in [1.165, 1.54) is 4.57 Å². The van der Waals surface area contributed by atoms with Gasteiger partial charge in [-0.1, -0.05) is 11.8 Å². The van der Waals surface area contributed by atoms with E-state index in [4.69, 9.17) is 13.9 Å². The molecule has 1 unspecified atom stereocenters. The molecule has 4 heterocycles. The number of H-pyrrole nitrogens is 1. The predicted molar refractivity (Wildman–Crippen MR) is 97.5 cm³/mol. The van der Waals surface area contributed by atoms with Gasteiger partial charge in [0.05, 0.1) is 11.1 Å². The van der Waals surface area contributed by atoms with Crippen molar-refractivity contribution in [3.05, 3.63) is 45.2 Å². The first-order valence-electron chi connectivity index (χ1n) is 8.64. The number of ether oxygens (including phenoxy) is 2. The molecule has 0 saturated carbocycles. The maximum Gasteiger partial charge on any atom is 0.342 e. The van der Waals surface area contributed by atoms with Gasteiger partial charge in [-0.05, 0) is 20.8 Å². The van der Waals surface area contributed by atoms with Gasteiger partial charge in [0.2, 0.25) is 17.8 Å². The lowest BCUT2D eigenvalue weighted by Gasteiger charge is -2.25. The van der Waals surface area contributed by atoms with E-state index in [0.717, 1.165) is 0 Å². The van der Waals surface area contributed by atoms with Crippen LogP contribution >= 0.6 is 0 Å². The third-order valence-electron chi connectivity index (χ3n) is 4.56. The van der Waals surface area contributed by atoms with Crippen LogP contribution in [0.1, 0.15) is 47.2 Å². The molecule has 1 N–H and O–H groups in total. The fourth-order valence-electron chi connectivity index (χ4n) is 3.27. The van der Waals surface area contributed by atoms with Crippen molar-refractivity contribution in [2.75, 3.05) is 0 Å². The van der Waals surface area contributed by atoms with Crippen LogP contribution in [0, 0.1) is 25.7 Å².